The van der Waals surface area contributed by atoms with Crippen molar-refractivity contribution < 1.29 is 9.59 Å². The van der Waals surface area contributed by atoms with Gasteiger partial charge in [0.25, 0.3) is 5.56 Å². The van der Waals surface area contributed by atoms with Gasteiger partial charge >= 0.3 is 0 Å². The molecule has 2 amide bonds. The number of likely N-dealkylation sites (tertiary alicyclic amines) is 1. The zero-order valence-electron chi connectivity index (χ0n) is 15.0. The number of fused-ring (bicyclic) bond motifs is 2. The van der Waals surface area contributed by atoms with Gasteiger partial charge in [-0.15, -0.1) is 11.3 Å². The Kier molecular flexibility index (Phi) is 4.30. The molecule has 0 unspecified atom stereocenters. The predicted molar refractivity (Wildman–Crippen MR) is 99.3 cm³/mol. The fraction of sp³-hybridized carbons (Fsp3) is 0.556. The van der Waals surface area contributed by atoms with E-state index in [4.69, 9.17) is 0 Å². The highest BCUT2D eigenvalue weighted by Gasteiger charge is 2.32. The van der Waals surface area contributed by atoms with Gasteiger partial charge in [0.05, 0.1) is 5.39 Å². The molecule has 0 radical (unpaired) electrons. The fourth-order valence-corrected chi connectivity index (χ4v) is 4.82. The summed E-state index contributed by atoms with van der Waals surface area (Å²) in [7, 11) is 0. The summed E-state index contributed by atoms with van der Waals surface area (Å²) in [5.74, 6) is 0.751. The summed E-state index contributed by atoms with van der Waals surface area (Å²) < 4.78 is 1.71. The first-order valence-electron chi connectivity index (χ1n) is 9.03. The molecule has 26 heavy (non-hydrogen) atoms. The smallest absolute Gasteiger partial charge is 0.262 e. The average Bonchev–Trinajstić information content (AvgIpc) is 3.14. The number of hydrogen-bond acceptors (Lipinski definition) is 5. The van der Waals surface area contributed by atoms with E-state index in [-0.39, 0.29) is 17.4 Å². The van der Waals surface area contributed by atoms with Gasteiger partial charge in [0.2, 0.25) is 11.8 Å². The van der Waals surface area contributed by atoms with Crippen molar-refractivity contribution in [1.29, 1.82) is 0 Å². The Hall–Kier alpha value is -2.22. The van der Waals surface area contributed by atoms with Crippen molar-refractivity contribution in [2.24, 2.45) is 0 Å². The molecule has 8 heteroatoms. The van der Waals surface area contributed by atoms with Crippen molar-refractivity contribution in [3.63, 3.8) is 0 Å². The van der Waals surface area contributed by atoms with Crippen LogP contribution in [0.1, 0.15) is 31.2 Å². The van der Waals surface area contributed by atoms with Gasteiger partial charge in [-0.05, 0) is 31.2 Å². The normalized spacial score (nSPS) is 18.9. The zero-order chi connectivity index (χ0) is 18.4. The predicted octanol–water partition coefficient (Wildman–Crippen LogP) is 1.16. The summed E-state index contributed by atoms with van der Waals surface area (Å²) in [4.78, 5) is 46.5. The number of carbonyl (C=O) groups is 2. The highest BCUT2D eigenvalue weighted by Crippen LogP contribution is 2.22. The number of rotatable bonds is 2. The molecule has 0 aromatic carbocycles. The van der Waals surface area contributed by atoms with Crippen molar-refractivity contribution in [1.82, 2.24) is 19.4 Å². The van der Waals surface area contributed by atoms with Crippen LogP contribution in [0.5, 0.6) is 0 Å². The van der Waals surface area contributed by atoms with Gasteiger partial charge in [-0.2, -0.15) is 0 Å². The van der Waals surface area contributed by atoms with E-state index in [2.05, 4.69) is 4.98 Å². The number of nitrogens with zero attached hydrogens (tertiary/aromatic N) is 4. The second kappa shape index (κ2) is 6.50. The van der Waals surface area contributed by atoms with Crippen LogP contribution in [0.15, 0.2) is 10.2 Å². The third-order valence-corrected chi connectivity index (χ3v) is 6.39. The molecule has 2 aromatic rings. The summed E-state index contributed by atoms with van der Waals surface area (Å²) in [6.07, 6.45) is 1.89. The molecule has 2 aliphatic heterocycles. The Labute approximate surface area is 155 Å². The second-order valence-electron chi connectivity index (χ2n) is 7.03. The monoisotopic (exact) mass is 374 g/mol. The molecule has 0 spiro atoms. The van der Waals surface area contributed by atoms with Gasteiger partial charge in [0.1, 0.15) is 16.7 Å². The van der Waals surface area contributed by atoms with Gasteiger partial charge < -0.3 is 9.80 Å². The Balaban J connectivity index is 1.57. The van der Waals surface area contributed by atoms with Crippen molar-refractivity contribution in [2.75, 3.05) is 19.6 Å². The molecule has 1 fully saturated rings. The summed E-state index contributed by atoms with van der Waals surface area (Å²) in [6, 6.07) is -0.443. The van der Waals surface area contributed by atoms with Crippen molar-refractivity contribution in [3.8, 4) is 0 Å². The molecular weight excluding hydrogens is 352 g/mol. The number of thiophene rings is 1. The molecular formula is C18H22N4O3S. The topological polar surface area (TPSA) is 75.5 Å². The van der Waals surface area contributed by atoms with E-state index in [0.717, 1.165) is 22.6 Å². The lowest BCUT2D eigenvalue weighted by molar-refractivity contribution is -0.142. The molecule has 7 nitrogen and oxygen atoms in total. The van der Waals surface area contributed by atoms with Crippen LogP contribution >= 0.6 is 11.3 Å². The van der Waals surface area contributed by atoms with Gasteiger partial charge in [0, 0.05) is 39.0 Å². The van der Waals surface area contributed by atoms with Crippen LogP contribution in [0.25, 0.3) is 10.2 Å². The highest BCUT2D eigenvalue weighted by atomic mass is 32.1. The number of aryl methyl sites for hydroxylation is 1. The van der Waals surface area contributed by atoms with Crippen LogP contribution < -0.4 is 5.56 Å². The maximum Gasteiger partial charge on any atom is 0.262 e. The molecule has 0 saturated carbocycles. The molecule has 2 aromatic heterocycles. The van der Waals surface area contributed by atoms with E-state index in [9.17, 15) is 14.4 Å². The molecule has 4 heterocycles. The van der Waals surface area contributed by atoms with E-state index in [1.165, 1.54) is 11.3 Å². The minimum Gasteiger partial charge on any atom is -0.339 e. The third kappa shape index (κ3) is 2.72. The zero-order valence-corrected chi connectivity index (χ0v) is 15.8. The Bertz CT molecular complexity index is 948. The molecule has 1 atom stereocenters. The third-order valence-electron chi connectivity index (χ3n) is 5.40. The van der Waals surface area contributed by atoms with Crippen LogP contribution in [-0.4, -0.2) is 56.8 Å². The molecule has 0 aliphatic carbocycles. The summed E-state index contributed by atoms with van der Waals surface area (Å²) >= 11 is 1.49. The first kappa shape index (κ1) is 17.2. The van der Waals surface area contributed by atoms with Crippen LogP contribution in [0.3, 0.4) is 0 Å². The van der Waals surface area contributed by atoms with Crippen LogP contribution in [-0.2, 0) is 22.6 Å². The molecule has 4 rings (SSSR count). The summed E-state index contributed by atoms with van der Waals surface area (Å²) in [6.45, 7) is 5.81. The van der Waals surface area contributed by atoms with E-state index in [1.54, 1.807) is 21.3 Å². The summed E-state index contributed by atoms with van der Waals surface area (Å²) in [5, 5.41) is 2.65. The van der Waals surface area contributed by atoms with Gasteiger partial charge in [-0.25, -0.2) is 4.98 Å². The van der Waals surface area contributed by atoms with E-state index in [1.807, 2.05) is 12.3 Å². The van der Waals surface area contributed by atoms with Crippen molar-refractivity contribution >= 4 is 33.4 Å². The molecule has 0 bridgehead atoms. The van der Waals surface area contributed by atoms with Gasteiger partial charge in [0.15, 0.2) is 0 Å². The minimum atomic E-state index is -0.443. The maximum atomic E-state index is 12.9. The second-order valence-corrected chi connectivity index (χ2v) is 7.88. The summed E-state index contributed by atoms with van der Waals surface area (Å²) in [5.41, 5.74) is 0.942. The Morgan fingerprint density at radius 3 is 2.73 bits per heavy atom. The maximum absolute atomic E-state index is 12.9. The first-order valence-corrected chi connectivity index (χ1v) is 9.91. The standard InChI is InChI=1S/C18H22N4O3S/c1-11-10-26-16-15(11)18(25)22-9-8-20(7-5-13(22)19-16)17(24)12(2)21-6-3-4-14(21)23/h10,12H,3-9H2,1-2H3/t12-/m0/s1. The van der Waals surface area contributed by atoms with Crippen LogP contribution in [0.4, 0.5) is 0 Å². The van der Waals surface area contributed by atoms with Gasteiger partial charge in [-0.3, -0.25) is 19.0 Å². The van der Waals surface area contributed by atoms with Gasteiger partial charge in [-0.1, -0.05) is 0 Å². The Morgan fingerprint density at radius 1 is 1.19 bits per heavy atom. The number of carbonyl (C=O) groups excluding carboxylic acids is 2. The fourth-order valence-electron chi connectivity index (χ4n) is 3.89. The van der Waals surface area contributed by atoms with E-state index in [0.29, 0.717) is 44.4 Å². The molecule has 0 N–H and O–H groups in total. The quantitative estimate of drug-likeness (QED) is 0.791. The highest BCUT2D eigenvalue weighted by molar-refractivity contribution is 7.16. The first-order chi connectivity index (χ1) is 12.5. The van der Waals surface area contributed by atoms with Crippen LogP contribution in [0, 0.1) is 6.92 Å². The molecule has 138 valence electrons. The number of hydrogen-bond donors (Lipinski definition) is 0. The minimum absolute atomic E-state index is 0.0131. The van der Waals surface area contributed by atoms with E-state index >= 15 is 0 Å². The lowest BCUT2D eigenvalue weighted by Crippen LogP contribution is -2.48. The largest absolute Gasteiger partial charge is 0.339 e. The van der Waals surface area contributed by atoms with E-state index < -0.39 is 6.04 Å². The molecule has 2 aliphatic rings. The Morgan fingerprint density at radius 2 is 2.00 bits per heavy atom. The van der Waals surface area contributed by atoms with Crippen LogP contribution in [0.2, 0.25) is 0 Å². The van der Waals surface area contributed by atoms with Crippen molar-refractivity contribution in [2.45, 2.75) is 45.7 Å². The number of aromatic nitrogens is 2. The lowest BCUT2D eigenvalue weighted by atomic mass is 10.2. The SMILES string of the molecule is Cc1csc2nc3n(c(=O)c12)CCN(C(=O)[C@H](C)N1CCCC1=O)CC3. The molecule has 1 saturated heterocycles. The van der Waals surface area contributed by atoms with Crippen molar-refractivity contribution in [3.05, 3.63) is 27.1 Å². The lowest BCUT2D eigenvalue weighted by Gasteiger charge is -2.29. The average molecular weight is 374 g/mol. The number of amides is 2.